The van der Waals surface area contributed by atoms with Crippen molar-refractivity contribution < 1.29 is 47.4 Å². The van der Waals surface area contributed by atoms with Gasteiger partial charge in [-0.1, -0.05) is 88.8 Å². The third kappa shape index (κ3) is 12.7. The Hall–Kier alpha value is -1.87. The van der Waals surface area contributed by atoms with E-state index >= 15 is 0 Å². The van der Waals surface area contributed by atoms with E-state index in [0.717, 1.165) is 56.9 Å². The van der Waals surface area contributed by atoms with Gasteiger partial charge in [-0.3, -0.25) is 0 Å². The van der Waals surface area contributed by atoms with Crippen molar-refractivity contribution >= 4 is 0 Å². The second kappa shape index (κ2) is 23.6. The molecule has 10 atom stereocenters. The Morgan fingerprint density at radius 3 is 2.12 bits per heavy atom. The zero-order chi connectivity index (χ0) is 35.4. The lowest BCUT2D eigenvalue weighted by molar-refractivity contribution is -0.386. The van der Waals surface area contributed by atoms with Crippen LogP contribution in [0.1, 0.15) is 97.3 Å². The van der Waals surface area contributed by atoms with Gasteiger partial charge in [0.1, 0.15) is 36.6 Å². The molecular weight excluding hydrogens is 646 g/mol. The zero-order valence-corrected chi connectivity index (χ0v) is 30.6. The van der Waals surface area contributed by atoms with Crippen LogP contribution in [0.3, 0.4) is 0 Å². The summed E-state index contributed by atoms with van der Waals surface area (Å²) in [5.74, 6) is 0. The maximum atomic E-state index is 8.74. The lowest BCUT2D eigenvalue weighted by atomic mass is 9.96. The van der Waals surface area contributed by atoms with Gasteiger partial charge in [0.2, 0.25) is 0 Å². The molecule has 3 heterocycles. The van der Waals surface area contributed by atoms with Gasteiger partial charge in [-0.2, -0.15) is 0 Å². The summed E-state index contributed by atoms with van der Waals surface area (Å²) in [6, 6.07) is 9.93. The fraction of sp³-hybridized carbons (Fsp3) is 0.838. The Balaban J connectivity index is 1.58. The van der Waals surface area contributed by atoms with Gasteiger partial charge in [0, 0.05) is 49.9 Å². The molecule has 1 aromatic carbocycles. The highest BCUT2D eigenvalue weighted by molar-refractivity contribution is 5.16. The predicted molar refractivity (Wildman–Crippen MR) is 186 cm³/mol. The smallest absolute Gasteiger partial charge is 0.187 e. The molecule has 0 spiro atoms. The maximum absolute atomic E-state index is 8.74. The number of hydrogen-bond donors (Lipinski definition) is 0. The van der Waals surface area contributed by atoms with Gasteiger partial charge in [0.05, 0.1) is 25.9 Å². The zero-order valence-electron chi connectivity index (χ0n) is 30.6. The average Bonchev–Trinajstić information content (AvgIpc) is 3.14. The molecule has 50 heavy (non-hydrogen) atoms. The summed E-state index contributed by atoms with van der Waals surface area (Å²) in [5, 5.41) is 3.61. The number of rotatable bonds is 24. The first-order valence-electron chi connectivity index (χ1n) is 19.0. The van der Waals surface area contributed by atoms with Gasteiger partial charge >= 0.3 is 0 Å². The molecule has 4 unspecified atom stereocenters. The molecule has 13 nitrogen and oxygen atoms in total. The minimum atomic E-state index is -0.786. The topological polar surface area (TPSA) is 141 Å². The van der Waals surface area contributed by atoms with Gasteiger partial charge < -0.3 is 47.4 Å². The van der Waals surface area contributed by atoms with Crippen molar-refractivity contribution in [3.8, 4) is 0 Å². The number of fused-ring (bicyclic) bond motifs is 1. The Labute approximate surface area is 298 Å². The normalized spacial score (nSPS) is 31.2. The Kier molecular flexibility index (Phi) is 19.3. The fourth-order valence-electron chi connectivity index (χ4n) is 6.20. The molecule has 3 saturated heterocycles. The summed E-state index contributed by atoms with van der Waals surface area (Å²) in [6.45, 7) is 11.8. The summed E-state index contributed by atoms with van der Waals surface area (Å²) < 4.78 is 64.7. The molecule has 0 bridgehead atoms. The van der Waals surface area contributed by atoms with Crippen LogP contribution in [0.15, 0.2) is 35.4 Å². The highest BCUT2D eigenvalue weighted by Gasteiger charge is 2.53. The number of nitrogens with zero attached hydrogens (tertiary/aromatic N) is 3. The van der Waals surface area contributed by atoms with Crippen molar-refractivity contribution in [1.82, 2.24) is 0 Å². The number of ether oxygens (including phenoxy) is 10. The van der Waals surface area contributed by atoms with E-state index in [0.29, 0.717) is 46.1 Å². The van der Waals surface area contributed by atoms with E-state index in [2.05, 4.69) is 37.7 Å². The van der Waals surface area contributed by atoms with Crippen LogP contribution in [0.2, 0.25) is 0 Å². The van der Waals surface area contributed by atoms with Crippen LogP contribution in [0.5, 0.6) is 0 Å². The van der Waals surface area contributed by atoms with Gasteiger partial charge in [-0.25, -0.2) is 0 Å². The highest BCUT2D eigenvalue weighted by atomic mass is 16.8. The van der Waals surface area contributed by atoms with E-state index in [4.69, 9.17) is 52.9 Å². The van der Waals surface area contributed by atoms with Gasteiger partial charge in [-0.15, -0.1) is 0 Å². The Morgan fingerprint density at radius 1 is 0.740 bits per heavy atom. The second-order valence-corrected chi connectivity index (χ2v) is 13.1. The van der Waals surface area contributed by atoms with Crippen LogP contribution in [0.25, 0.3) is 10.4 Å². The second-order valence-electron chi connectivity index (χ2n) is 13.1. The standard InChI is InChI=1S/C37H61N3O10/c1-5-9-19-41-25-30-28(24-29(42-20-10-6-2)36(48-30)45-23-18-39-40-38)47-37-34(44-22-12-8-4)33(43-21-11-7-3)32-31(49-37)26-46-35(50-32)27-16-14-13-15-17-27/h13-17,28-37H,5-12,18-26H2,1-4H3/t28-,29-,30?,31?,32-,33?,34-,35?,36+,37+/m0/s1. The maximum Gasteiger partial charge on any atom is 0.187 e. The van der Waals surface area contributed by atoms with Gasteiger partial charge in [0.15, 0.2) is 18.9 Å². The summed E-state index contributed by atoms with van der Waals surface area (Å²) in [4.78, 5) is 2.84. The summed E-state index contributed by atoms with van der Waals surface area (Å²) in [6.07, 6.45) is 2.91. The number of unbranched alkanes of at least 4 members (excludes halogenated alkanes) is 4. The predicted octanol–water partition coefficient (Wildman–Crippen LogP) is 7.03. The van der Waals surface area contributed by atoms with Crippen LogP contribution in [-0.2, 0) is 47.4 Å². The van der Waals surface area contributed by atoms with Crippen molar-refractivity contribution in [3.05, 3.63) is 46.3 Å². The molecule has 0 aromatic heterocycles. The lowest BCUT2D eigenvalue weighted by Crippen LogP contribution is -2.65. The molecule has 3 aliphatic heterocycles. The first kappa shape index (κ1) is 40.9. The van der Waals surface area contributed by atoms with E-state index in [1.165, 1.54) is 0 Å². The molecule has 0 radical (unpaired) electrons. The number of azide groups is 1. The van der Waals surface area contributed by atoms with E-state index in [9.17, 15) is 0 Å². The molecule has 0 N–H and O–H groups in total. The molecule has 0 aliphatic carbocycles. The summed E-state index contributed by atoms with van der Waals surface area (Å²) in [7, 11) is 0. The fourth-order valence-corrected chi connectivity index (χ4v) is 6.20. The monoisotopic (exact) mass is 707 g/mol. The first-order chi connectivity index (χ1) is 24.6. The molecule has 3 fully saturated rings. The minimum absolute atomic E-state index is 0.194. The van der Waals surface area contributed by atoms with Crippen LogP contribution < -0.4 is 0 Å². The van der Waals surface area contributed by atoms with Crippen molar-refractivity contribution in [2.24, 2.45) is 5.11 Å². The third-order valence-electron chi connectivity index (χ3n) is 9.06. The van der Waals surface area contributed by atoms with Crippen LogP contribution in [0.4, 0.5) is 0 Å². The van der Waals surface area contributed by atoms with Crippen LogP contribution in [0, 0.1) is 0 Å². The number of benzene rings is 1. The third-order valence-corrected chi connectivity index (χ3v) is 9.06. The Bertz CT molecular complexity index is 1080. The highest BCUT2D eigenvalue weighted by Crippen LogP contribution is 2.38. The van der Waals surface area contributed by atoms with Crippen LogP contribution in [-0.4, -0.2) is 108 Å². The minimum Gasteiger partial charge on any atom is -0.379 e. The van der Waals surface area contributed by atoms with Crippen molar-refractivity contribution in [3.63, 3.8) is 0 Å². The molecule has 3 aliphatic rings. The van der Waals surface area contributed by atoms with Crippen molar-refractivity contribution in [2.75, 3.05) is 52.8 Å². The van der Waals surface area contributed by atoms with Crippen LogP contribution >= 0.6 is 0 Å². The lowest BCUT2D eigenvalue weighted by Gasteiger charge is -2.50. The molecular formula is C37H61N3O10. The first-order valence-corrected chi connectivity index (χ1v) is 19.0. The largest absolute Gasteiger partial charge is 0.379 e. The summed E-state index contributed by atoms with van der Waals surface area (Å²) in [5.41, 5.74) is 9.69. The van der Waals surface area contributed by atoms with Gasteiger partial charge in [0.25, 0.3) is 0 Å². The van der Waals surface area contributed by atoms with Crippen molar-refractivity contribution in [1.29, 1.82) is 0 Å². The summed E-state index contributed by atoms with van der Waals surface area (Å²) >= 11 is 0. The Morgan fingerprint density at radius 2 is 1.42 bits per heavy atom. The SMILES string of the molecule is CCCCOCC1O[C@@H](OCCN=[N+]=[N-])[C@@H](OCCCC)C[C@@H]1O[C@@H]1OC2COC(c3ccccc3)O[C@@H]2C(OCCCC)[C@@H]1OCCCC. The number of hydrogen-bond acceptors (Lipinski definition) is 11. The molecule has 284 valence electrons. The molecule has 0 amide bonds. The van der Waals surface area contributed by atoms with Crippen molar-refractivity contribution in [2.45, 2.75) is 147 Å². The molecule has 1 aromatic rings. The molecule has 4 rings (SSSR count). The molecule has 13 heteroatoms. The molecule has 0 saturated carbocycles. The average molecular weight is 708 g/mol. The quantitative estimate of drug-likeness (QED) is 0.0476. The van der Waals surface area contributed by atoms with E-state index in [1.54, 1.807) is 0 Å². The van der Waals surface area contributed by atoms with E-state index in [1.807, 2.05) is 30.3 Å². The van der Waals surface area contributed by atoms with Gasteiger partial charge in [-0.05, 0) is 31.2 Å². The van der Waals surface area contributed by atoms with E-state index in [-0.39, 0.29) is 13.2 Å². The van der Waals surface area contributed by atoms with E-state index < -0.39 is 61.6 Å².